The summed E-state index contributed by atoms with van der Waals surface area (Å²) in [5.41, 5.74) is 7.73. The first-order valence-electron chi connectivity index (χ1n) is 7.34. The van der Waals surface area contributed by atoms with Crippen LogP contribution in [0.4, 0.5) is 11.4 Å². The van der Waals surface area contributed by atoms with Crippen LogP contribution in [0.3, 0.4) is 0 Å². The third kappa shape index (κ3) is 4.05. The first kappa shape index (κ1) is 14.0. The van der Waals surface area contributed by atoms with Crippen LogP contribution in [-0.2, 0) is 0 Å². The summed E-state index contributed by atoms with van der Waals surface area (Å²) in [6, 6.07) is 5.95. The van der Waals surface area contributed by atoms with E-state index in [0.29, 0.717) is 5.69 Å². The second kappa shape index (κ2) is 6.18. The van der Waals surface area contributed by atoms with Gasteiger partial charge in [-0.05, 0) is 50.7 Å². The van der Waals surface area contributed by atoms with Gasteiger partial charge in [-0.2, -0.15) is 0 Å². The van der Waals surface area contributed by atoms with Crippen molar-refractivity contribution in [2.24, 2.45) is 11.8 Å². The van der Waals surface area contributed by atoms with Gasteiger partial charge in [-0.3, -0.25) is 0 Å². The summed E-state index contributed by atoms with van der Waals surface area (Å²) in [6.07, 6.45) is 4.21. The Labute approximate surface area is 116 Å². The average Bonchev–Trinajstić information content (AvgIpc) is 2.75. The number of hydrogen-bond donors (Lipinski definition) is 2. The van der Waals surface area contributed by atoms with Gasteiger partial charge in [0.2, 0.25) is 0 Å². The van der Waals surface area contributed by atoms with Gasteiger partial charge in [0.15, 0.2) is 0 Å². The van der Waals surface area contributed by atoms with Gasteiger partial charge in [-0.15, -0.1) is 0 Å². The van der Waals surface area contributed by atoms with Crippen molar-refractivity contribution >= 4 is 11.4 Å². The van der Waals surface area contributed by atoms with Gasteiger partial charge in [0.1, 0.15) is 5.75 Å². The van der Waals surface area contributed by atoms with Crippen LogP contribution in [0.25, 0.3) is 0 Å². The number of rotatable bonds is 5. The molecule has 2 rings (SSSR count). The Hall–Kier alpha value is -1.38. The maximum atomic E-state index is 5.92. The van der Waals surface area contributed by atoms with E-state index >= 15 is 0 Å². The minimum atomic E-state index is 0.147. The molecule has 19 heavy (non-hydrogen) atoms. The summed E-state index contributed by atoms with van der Waals surface area (Å²) in [5, 5.41) is 3.51. The van der Waals surface area contributed by atoms with E-state index in [4.69, 9.17) is 10.5 Å². The van der Waals surface area contributed by atoms with Crippen LogP contribution >= 0.6 is 0 Å². The minimum absolute atomic E-state index is 0.147. The molecule has 1 aromatic rings. The zero-order valence-corrected chi connectivity index (χ0v) is 12.3. The fourth-order valence-electron chi connectivity index (χ4n) is 2.77. The minimum Gasteiger partial charge on any atom is -0.489 e. The van der Waals surface area contributed by atoms with Gasteiger partial charge < -0.3 is 15.8 Å². The van der Waals surface area contributed by atoms with Crippen LogP contribution in [0, 0.1) is 11.8 Å². The van der Waals surface area contributed by atoms with E-state index in [1.54, 1.807) is 0 Å². The highest BCUT2D eigenvalue weighted by Crippen LogP contribution is 2.31. The summed E-state index contributed by atoms with van der Waals surface area (Å²) < 4.78 is 5.71. The Bertz CT molecular complexity index is 417. The van der Waals surface area contributed by atoms with Crippen molar-refractivity contribution in [2.45, 2.75) is 46.1 Å². The zero-order chi connectivity index (χ0) is 13.8. The lowest BCUT2D eigenvalue weighted by atomic mass is 10.1. The molecule has 0 heterocycles. The second-order valence-corrected chi connectivity index (χ2v) is 6.08. The Balaban J connectivity index is 1.93. The fourth-order valence-corrected chi connectivity index (χ4v) is 2.77. The summed E-state index contributed by atoms with van der Waals surface area (Å²) in [5.74, 6) is 2.47. The Morgan fingerprint density at radius 2 is 2.16 bits per heavy atom. The monoisotopic (exact) mass is 262 g/mol. The molecule has 1 aliphatic rings. The first-order valence-corrected chi connectivity index (χ1v) is 7.34. The van der Waals surface area contributed by atoms with Gasteiger partial charge in [-0.1, -0.05) is 13.3 Å². The van der Waals surface area contributed by atoms with Crippen LogP contribution in [0.2, 0.25) is 0 Å². The van der Waals surface area contributed by atoms with Crippen molar-refractivity contribution < 1.29 is 4.74 Å². The number of nitrogen functional groups attached to an aromatic ring is 1. The van der Waals surface area contributed by atoms with E-state index in [0.717, 1.165) is 29.8 Å². The van der Waals surface area contributed by atoms with E-state index in [9.17, 15) is 0 Å². The van der Waals surface area contributed by atoms with Crippen molar-refractivity contribution in [1.29, 1.82) is 0 Å². The molecule has 1 fully saturated rings. The van der Waals surface area contributed by atoms with Crippen molar-refractivity contribution in [3.05, 3.63) is 18.2 Å². The van der Waals surface area contributed by atoms with Crippen molar-refractivity contribution in [3.63, 3.8) is 0 Å². The van der Waals surface area contributed by atoms with E-state index in [1.807, 2.05) is 32.0 Å². The molecule has 0 spiro atoms. The van der Waals surface area contributed by atoms with Crippen LogP contribution in [-0.4, -0.2) is 12.6 Å². The van der Waals surface area contributed by atoms with Gasteiger partial charge in [0.25, 0.3) is 0 Å². The highest BCUT2D eigenvalue weighted by Gasteiger charge is 2.20. The van der Waals surface area contributed by atoms with Gasteiger partial charge in [0.05, 0.1) is 11.8 Å². The second-order valence-electron chi connectivity index (χ2n) is 6.08. The lowest BCUT2D eigenvalue weighted by molar-refractivity contribution is 0.244. The molecule has 1 aliphatic carbocycles. The van der Waals surface area contributed by atoms with Crippen molar-refractivity contribution in [3.8, 4) is 5.75 Å². The maximum Gasteiger partial charge on any atom is 0.144 e. The summed E-state index contributed by atoms with van der Waals surface area (Å²) in [4.78, 5) is 0. The van der Waals surface area contributed by atoms with E-state index in [2.05, 4.69) is 12.2 Å². The topological polar surface area (TPSA) is 47.3 Å². The quantitative estimate of drug-likeness (QED) is 0.791. The van der Waals surface area contributed by atoms with E-state index in [1.165, 1.54) is 19.3 Å². The lowest BCUT2D eigenvalue weighted by Gasteiger charge is -2.16. The molecule has 3 nitrogen and oxygen atoms in total. The summed E-state index contributed by atoms with van der Waals surface area (Å²) in [6.45, 7) is 7.42. The van der Waals surface area contributed by atoms with Crippen LogP contribution in [0.5, 0.6) is 5.75 Å². The van der Waals surface area contributed by atoms with Crippen LogP contribution in [0.15, 0.2) is 18.2 Å². The normalized spacial score (nSPS) is 22.7. The van der Waals surface area contributed by atoms with Crippen molar-refractivity contribution in [1.82, 2.24) is 0 Å². The Morgan fingerprint density at radius 3 is 2.79 bits per heavy atom. The number of ether oxygens (including phenoxy) is 1. The molecule has 106 valence electrons. The highest BCUT2D eigenvalue weighted by molar-refractivity contribution is 5.61. The molecule has 0 aromatic heterocycles. The molecule has 1 aromatic carbocycles. The molecule has 3 heteroatoms. The Morgan fingerprint density at radius 1 is 1.37 bits per heavy atom. The largest absolute Gasteiger partial charge is 0.489 e. The fraction of sp³-hybridized carbons (Fsp3) is 0.625. The third-order valence-corrected chi connectivity index (χ3v) is 3.77. The third-order valence-electron chi connectivity index (χ3n) is 3.77. The predicted molar refractivity (Wildman–Crippen MR) is 81.6 cm³/mol. The van der Waals surface area contributed by atoms with Gasteiger partial charge in [0, 0.05) is 18.3 Å². The van der Waals surface area contributed by atoms with E-state index in [-0.39, 0.29) is 6.10 Å². The smallest absolute Gasteiger partial charge is 0.144 e. The molecular formula is C16H26N2O. The SMILES string of the molecule is CC1CCC(CNc2ccc(N)c(OC(C)C)c2)C1. The van der Waals surface area contributed by atoms with Crippen LogP contribution in [0.1, 0.15) is 40.0 Å². The van der Waals surface area contributed by atoms with E-state index < -0.39 is 0 Å². The number of nitrogens with two attached hydrogens (primary N) is 1. The molecule has 0 bridgehead atoms. The number of hydrogen-bond acceptors (Lipinski definition) is 3. The summed E-state index contributed by atoms with van der Waals surface area (Å²) >= 11 is 0. The molecule has 0 radical (unpaired) electrons. The number of benzene rings is 1. The molecule has 2 unspecified atom stereocenters. The molecule has 0 saturated heterocycles. The van der Waals surface area contributed by atoms with Gasteiger partial charge >= 0.3 is 0 Å². The number of nitrogens with one attached hydrogen (secondary N) is 1. The Kier molecular flexibility index (Phi) is 4.56. The van der Waals surface area contributed by atoms with Gasteiger partial charge in [-0.25, -0.2) is 0 Å². The molecule has 1 saturated carbocycles. The maximum absolute atomic E-state index is 5.92. The highest BCUT2D eigenvalue weighted by atomic mass is 16.5. The molecule has 2 atom stereocenters. The average molecular weight is 262 g/mol. The summed E-state index contributed by atoms with van der Waals surface area (Å²) in [7, 11) is 0. The molecule has 0 aliphatic heterocycles. The van der Waals surface area contributed by atoms with Crippen LogP contribution < -0.4 is 15.8 Å². The zero-order valence-electron chi connectivity index (χ0n) is 12.3. The number of anilines is 2. The standard InChI is InChI=1S/C16H26N2O/c1-11(2)19-16-9-14(6-7-15(16)17)18-10-13-5-4-12(3)8-13/h6-7,9,11-13,18H,4-5,8,10,17H2,1-3H3. The lowest BCUT2D eigenvalue weighted by Crippen LogP contribution is -2.12. The first-order chi connectivity index (χ1) is 9.04. The molecule has 3 N–H and O–H groups in total. The van der Waals surface area contributed by atoms with Crippen molar-refractivity contribution in [2.75, 3.05) is 17.6 Å². The molecular weight excluding hydrogens is 236 g/mol. The molecule has 0 amide bonds. The predicted octanol–water partition coefficient (Wildman–Crippen LogP) is 3.90.